The molecule has 2 fully saturated rings. The number of rotatable bonds is 5. The second kappa shape index (κ2) is 9.87. The van der Waals surface area contributed by atoms with Crippen LogP contribution in [0.2, 0.25) is 5.15 Å². The zero-order valence-electron chi connectivity index (χ0n) is 17.7. The highest BCUT2D eigenvalue weighted by Crippen LogP contribution is 2.43. The molecule has 31 heavy (non-hydrogen) atoms. The van der Waals surface area contributed by atoms with E-state index in [9.17, 15) is 9.59 Å². The standard InChI is InChI=1S/C20H22ClN5O2.C2H5N/c1-3-15-12(2)10-22-25(15)11-18(27)26-14-8-7-13(9-14)19(26)20(28)24-17-6-4-5-16(21)23-17;1-2-3/h3-6,10,13-14,19H,1,7-9,11H2,2H3,(H,23,24,28);2-3H,1H3. The van der Waals surface area contributed by atoms with E-state index in [1.54, 1.807) is 47.0 Å². The quantitative estimate of drug-likeness (QED) is 0.545. The van der Waals surface area contributed by atoms with Crippen LogP contribution < -0.4 is 5.32 Å². The molecule has 1 aliphatic carbocycles. The lowest BCUT2D eigenvalue weighted by molar-refractivity contribution is -0.141. The van der Waals surface area contributed by atoms with Crippen molar-refractivity contribution in [3.63, 3.8) is 0 Å². The van der Waals surface area contributed by atoms with E-state index in [-0.39, 0.29) is 30.3 Å². The van der Waals surface area contributed by atoms with Crippen molar-refractivity contribution in [2.24, 2.45) is 5.92 Å². The molecule has 2 aromatic heterocycles. The van der Waals surface area contributed by atoms with Gasteiger partial charge in [0, 0.05) is 6.04 Å². The highest BCUT2D eigenvalue weighted by Gasteiger charge is 2.51. The maximum Gasteiger partial charge on any atom is 0.248 e. The van der Waals surface area contributed by atoms with Gasteiger partial charge < -0.3 is 15.6 Å². The summed E-state index contributed by atoms with van der Waals surface area (Å²) in [5, 5.41) is 13.5. The minimum Gasteiger partial charge on any atom is -0.326 e. The first-order valence-electron chi connectivity index (χ1n) is 10.2. The molecule has 2 amide bonds. The summed E-state index contributed by atoms with van der Waals surface area (Å²) in [6.45, 7) is 7.49. The third-order valence-electron chi connectivity index (χ3n) is 5.66. The number of hydrogen-bond acceptors (Lipinski definition) is 5. The number of anilines is 1. The molecule has 2 aliphatic rings. The Morgan fingerprint density at radius 3 is 2.81 bits per heavy atom. The molecule has 3 heterocycles. The Balaban J connectivity index is 0.000000858. The van der Waals surface area contributed by atoms with Gasteiger partial charge in [-0.25, -0.2) is 4.98 Å². The molecule has 2 bridgehead atoms. The number of amides is 2. The minimum absolute atomic E-state index is 0.0948. The first kappa shape index (κ1) is 22.7. The summed E-state index contributed by atoms with van der Waals surface area (Å²) < 4.78 is 1.64. The number of carbonyl (C=O) groups is 2. The minimum atomic E-state index is -0.490. The molecule has 4 rings (SSSR count). The maximum atomic E-state index is 13.1. The Morgan fingerprint density at radius 1 is 1.39 bits per heavy atom. The molecule has 2 N–H and O–H groups in total. The zero-order chi connectivity index (χ0) is 22.5. The van der Waals surface area contributed by atoms with Crippen molar-refractivity contribution in [3.8, 4) is 0 Å². The van der Waals surface area contributed by atoms with Crippen molar-refractivity contribution in [3.05, 3.63) is 47.4 Å². The molecule has 0 spiro atoms. The predicted molar refractivity (Wildman–Crippen MR) is 121 cm³/mol. The fraction of sp³-hybridized carbons (Fsp3) is 0.409. The normalized spacial score (nSPS) is 21.3. The third-order valence-corrected chi connectivity index (χ3v) is 5.87. The molecule has 1 aliphatic heterocycles. The van der Waals surface area contributed by atoms with E-state index in [1.807, 2.05) is 6.92 Å². The number of carbonyl (C=O) groups excluding carboxylic acids is 2. The van der Waals surface area contributed by atoms with Gasteiger partial charge in [0.05, 0.1) is 11.9 Å². The fourth-order valence-electron chi connectivity index (χ4n) is 4.45. The summed E-state index contributed by atoms with van der Waals surface area (Å²) in [5.74, 6) is 0.254. The molecular weight excluding hydrogens is 416 g/mol. The summed E-state index contributed by atoms with van der Waals surface area (Å²) in [6, 6.07) is 4.67. The number of likely N-dealkylation sites (tertiary alicyclic amines) is 1. The van der Waals surface area contributed by atoms with Gasteiger partial charge in [-0.05, 0) is 69.0 Å². The van der Waals surface area contributed by atoms with Gasteiger partial charge in [-0.2, -0.15) is 5.10 Å². The summed E-state index contributed by atoms with van der Waals surface area (Å²) >= 11 is 5.91. The molecular formula is C22H27ClN6O2. The Labute approximate surface area is 186 Å². The monoisotopic (exact) mass is 442 g/mol. The van der Waals surface area contributed by atoms with Crippen molar-refractivity contribution < 1.29 is 9.59 Å². The number of hydrogen-bond donors (Lipinski definition) is 2. The third kappa shape index (κ3) is 4.85. The van der Waals surface area contributed by atoms with Gasteiger partial charge in [0.25, 0.3) is 0 Å². The fourth-order valence-corrected chi connectivity index (χ4v) is 4.62. The Kier molecular flexibility index (Phi) is 7.22. The van der Waals surface area contributed by atoms with Crippen molar-refractivity contribution >= 4 is 41.5 Å². The van der Waals surface area contributed by atoms with Gasteiger partial charge >= 0.3 is 0 Å². The summed E-state index contributed by atoms with van der Waals surface area (Å²) in [6.07, 6.45) is 7.41. The van der Waals surface area contributed by atoms with Crippen LogP contribution >= 0.6 is 11.6 Å². The molecule has 9 heteroatoms. The van der Waals surface area contributed by atoms with Crippen LogP contribution in [0.4, 0.5) is 5.82 Å². The summed E-state index contributed by atoms with van der Waals surface area (Å²) in [5.41, 5.74) is 1.79. The van der Waals surface area contributed by atoms with E-state index in [4.69, 9.17) is 17.0 Å². The molecule has 0 aromatic carbocycles. The smallest absolute Gasteiger partial charge is 0.248 e. The van der Waals surface area contributed by atoms with E-state index in [0.29, 0.717) is 11.0 Å². The highest BCUT2D eigenvalue weighted by atomic mass is 35.5. The molecule has 1 saturated heterocycles. The van der Waals surface area contributed by atoms with Gasteiger partial charge in [-0.1, -0.05) is 24.2 Å². The molecule has 1 saturated carbocycles. The first-order chi connectivity index (χ1) is 14.9. The lowest BCUT2D eigenvalue weighted by Gasteiger charge is -2.34. The average molecular weight is 443 g/mol. The number of nitrogens with one attached hydrogen (secondary N) is 2. The zero-order valence-corrected chi connectivity index (χ0v) is 18.5. The van der Waals surface area contributed by atoms with E-state index in [1.165, 1.54) is 6.21 Å². The van der Waals surface area contributed by atoms with Gasteiger partial charge in [-0.15, -0.1) is 0 Å². The Hall–Kier alpha value is -3.00. The Morgan fingerprint density at radius 2 is 2.13 bits per heavy atom. The summed E-state index contributed by atoms with van der Waals surface area (Å²) in [7, 11) is 0. The molecule has 0 radical (unpaired) electrons. The molecule has 164 valence electrons. The number of piperidine rings is 1. The first-order valence-corrected chi connectivity index (χ1v) is 10.6. The molecule has 3 unspecified atom stereocenters. The number of aryl methyl sites for hydroxylation is 1. The van der Waals surface area contributed by atoms with E-state index in [2.05, 4.69) is 22.0 Å². The largest absolute Gasteiger partial charge is 0.326 e. The van der Waals surface area contributed by atoms with Gasteiger partial charge in [0.1, 0.15) is 23.6 Å². The second-order valence-corrected chi connectivity index (χ2v) is 8.06. The van der Waals surface area contributed by atoms with Crippen molar-refractivity contribution in [2.75, 3.05) is 5.32 Å². The predicted octanol–water partition coefficient (Wildman–Crippen LogP) is 3.56. The van der Waals surface area contributed by atoms with Crippen LogP contribution in [-0.2, 0) is 16.1 Å². The van der Waals surface area contributed by atoms with Crippen LogP contribution in [-0.4, -0.2) is 49.8 Å². The number of fused-ring (bicyclic) bond motifs is 2. The molecule has 3 atom stereocenters. The van der Waals surface area contributed by atoms with Crippen molar-refractivity contribution in [2.45, 2.75) is 51.7 Å². The SMILES string of the molecule is C=Cc1c(C)cnn1CC(=O)N1C2CCC(C2)C1C(=O)Nc1cccc(Cl)n1.CC=N. The number of aromatic nitrogens is 3. The van der Waals surface area contributed by atoms with E-state index in [0.717, 1.165) is 30.5 Å². The van der Waals surface area contributed by atoms with Crippen LogP contribution in [0.1, 0.15) is 37.4 Å². The Bertz CT molecular complexity index is 988. The van der Waals surface area contributed by atoms with Crippen LogP contribution in [0, 0.1) is 18.3 Å². The van der Waals surface area contributed by atoms with Crippen molar-refractivity contribution in [1.82, 2.24) is 19.7 Å². The average Bonchev–Trinajstić information content (AvgIpc) is 3.43. The van der Waals surface area contributed by atoms with Crippen molar-refractivity contribution in [1.29, 1.82) is 5.41 Å². The summed E-state index contributed by atoms with van der Waals surface area (Å²) in [4.78, 5) is 32.0. The molecule has 2 aromatic rings. The van der Waals surface area contributed by atoms with E-state index >= 15 is 0 Å². The van der Waals surface area contributed by atoms with Crippen LogP contribution in [0.15, 0.2) is 31.0 Å². The second-order valence-electron chi connectivity index (χ2n) is 7.67. The molecule has 8 nitrogen and oxygen atoms in total. The lowest BCUT2D eigenvalue weighted by atomic mass is 9.97. The van der Waals surface area contributed by atoms with Crippen LogP contribution in [0.25, 0.3) is 6.08 Å². The lowest BCUT2D eigenvalue weighted by Crippen LogP contribution is -2.52. The van der Waals surface area contributed by atoms with E-state index < -0.39 is 6.04 Å². The number of halogens is 1. The number of nitrogens with zero attached hydrogens (tertiary/aromatic N) is 4. The van der Waals surface area contributed by atoms with Gasteiger partial charge in [0.2, 0.25) is 11.8 Å². The maximum absolute atomic E-state index is 13.1. The van der Waals surface area contributed by atoms with Gasteiger partial charge in [0.15, 0.2) is 0 Å². The number of pyridine rings is 1. The van der Waals surface area contributed by atoms with Gasteiger partial charge in [-0.3, -0.25) is 14.3 Å². The highest BCUT2D eigenvalue weighted by molar-refractivity contribution is 6.29. The van der Waals surface area contributed by atoms with Crippen LogP contribution in [0.3, 0.4) is 0 Å². The topological polar surface area (TPSA) is 104 Å². The van der Waals surface area contributed by atoms with Crippen LogP contribution in [0.5, 0.6) is 0 Å².